The van der Waals surface area contributed by atoms with Crippen LogP contribution in [0.5, 0.6) is 23.0 Å². The van der Waals surface area contributed by atoms with Gasteiger partial charge in [0.25, 0.3) is 0 Å². The number of hydrogen-bond acceptors (Lipinski definition) is 8. The van der Waals surface area contributed by atoms with Gasteiger partial charge >= 0.3 is 0 Å². The number of ether oxygens (including phenoxy) is 2. The molecule has 1 saturated heterocycles. The highest BCUT2D eigenvalue weighted by Gasteiger charge is 2.31. The number of hydrogen-bond donors (Lipinski definition) is 2. The van der Waals surface area contributed by atoms with Crippen LogP contribution in [-0.2, 0) is 9.22 Å². The molecule has 3 aromatic rings. The molecular formula is C31H35NO6S. The topological polar surface area (TPSA) is 80.6 Å². The summed E-state index contributed by atoms with van der Waals surface area (Å²) in [5, 5.41) is 20.8. The summed E-state index contributed by atoms with van der Waals surface area (Å²) >= 11 is 0.915. The number of allylic oxidation sites excluding steroid dienone is 1. The predicted molar refractivity (Wildman–Crippen MR) is 153 cm³/mol. The minimum Gasteiger partial charge on any atom is -0.508 e. The van der Waals surface area contributed by atoms with Gasteiger partial charge in [-0.15, -0.1) is 0 Å². The van der Waals surface area contributed by atoms with Gasteiger partial charge in [0, 0.05) is 29.8 Å². The van der Waals surface area contributed by atoms with Gasteiger partial charge in [-0.3, -0.25) is 4.90 Å². The fourth-order valence-corrected chi connectivity index (χ4v) is 5.75. The Labute approximate surface area is 234 Å². The van der Waals surface area contributed by atoms with Gasteiger partial charge in [-0.25, -0.2) is 4.89 Å². The average molecular weight is 550 g/mol. The van der Waals surface area contributed by atoms with Crippen molar-refractivity contribution in [3.8, 4) is 23.0 Å². The third kappa shape index (κ3) is 6.04. The van der Waals surface area contributed by atoms with Crippen LogP contribution in [0.15, 0.2) is 65.6 Å². The van der Waals surface area contributed by atoms with E-state index in [9.17, 15) is 10.2 Å². The number of phenolic OH excluding ortho intramolecular Hbond substituents is 2. The van der Waals surface area contributed by atoms with Crippen molar-refractivity contribution in [2.24, 2.45) is 5.92 Å². The maximum atomic E-state index is 10.6. The van der Waals surface area contributed by atoms with Crippen molar-refractivity contribution in [2.45, 2.75) is 44.2 Å². The zero-order chi connectivity index (χ0) is 27.5. The number of aromatic hydroxyl groups is 2. The second kappa shape index (κ2) is 11.9. The van der Waals surface area contributed by atoms with E-state index in [1.165, 1.54) is 13.5 Å². The molecule has 0 amide bonds. The highest BCUT2D eigenvalue weighted by Crippen LogP contribution is 2.49. The van der Waals surface area contributed by atoms with Crippen LogP contribution in [0.25, 0.3) is 11.1 Å². The van der Waals surface area contributed by atoms with Gasteiger partial charge in [-0.1, -0.05) is 31.2 Å². The van der Waals surface area contributed by atoms with Crippen molar-refractivity contribution in [3.63, 3.8) is 0 Å². The monoisotopic (exact) mass is 549 g/mol. The smallest absolute Gasteiger partial charge is 0.150 e. The van der Waals surface area contributed by atoms with E-state index in [-0.39, 0.29) is 11.5 Å². The molecule has 206 valence electrons. The summed E-state index contributed by atoms with van der Waals surface area (Å²) in [7, 11) is 1.41. The summed E-state index contributed by atoms with van der Waals surface area (Å²) in [6.45, 7) is 9.42. The fourth-order valence-electron chi connectivity index (χ4n) is 5.31. The number of phenols is 2. The van der Waals surface area contributed by atoms with E-state index >= 15 is 0 Å². The molecule has 39 heavy (non-hydrogen) atoms. The van der Waals surface area contributed by atoms with Gasteiger partial charge in [-0.2, -0.15) is 4.33 Å². The molecule has 2 aliphatic rings. The zero-order valence-corrected chi connectivity index (χ0v) is 23.5. The molecule has 0 spiro atoms. The third-order valence-corrected chi connectivity index (χ3v) is 8.19. The van der Waals surface area contributed by atoms with E-state index < -0.39 is 6.10 Å². The largest absolute Gasteiger partial charge is 0.508 e. The molecule has 3 unspecified atom stereocenters. The van der Waals surface area contributed by atoms with E-state index in [4.69, 9.17) is 13.8 Å². The van der Waals surface area contributed by atoms with Crippen molar-refractivity contribution >= 4 is 23.2 Å². The minimum atomic E-state index is -0.441. The van der Waals surface area contributed by atoms with Crippen LogP contribution >= 0.6 is 12.0 Å². The Kier molecular flexibility index (Phi) is 8.37. The summed E-state index contributed by atoms with van der Waals surface area (Å²) < 4.78 is 17.7. The van der Waals surface area contributed by atoms with Gasteiger partial charge in [0.05, 0.1) is 24.0 Å². The molecule has 2 N–H and O–H groups in total. The number of benzene rings is 3. The van der Waals surface area contributed by atoms with Gasteiger partial charge in [0.2, 0.25) is 0 Å². The minimum absolute atomic E-state index is 0.0616. The third-order valence-electron chi connectivity index (χ3n) is 7.48. The maximum absolute atomic E-state index is 10.6. The Hall–Kier alpha value is -3.17. The average Bonchev–Trinajstić information content (AvgIpc) is 3.37. The molecule has 0 saturated carbocycles. The van der Waals surface area contributed by atoms with Crippen LogP contribution in [0.2, 0.25) is 0 Å². The summed E-state index contributed by atoms with van der Waals surface area (Å²) in [4.78, 5) is 7.65. The molecule has 1 fully saturated rings. The van der Waals surface area contributed by atoms with Crippen LogP contribution < -0.4 is 9.47 Å². The molecule has 0 aromatic heterocycles. The van der Waals surface area contributed by atoms with Crippen LogP contribution in [0.1, 0.15) is 50.0 Å². The molecule has 0 aliphatic carbocycles. The van der Waals surface area contributed by atoms with Crippen LogP contribution in [-0.4, -0.2) is 48.0 Å². The highest BCUT2D eigenvalue weighted by atomic mass is 32.2. The standard InChI is InChI=1S/C31H35NO6S/c1-19-12-13-32(17-19)20(2)18-36-25-10-8-22(9-11-25)31-30(23-6-5-7-24(33)14-23)21(3)26-15-27(34)29(39-38-35-4)16-28(26)37-31/h5-11,14-16,19-20,31,33-34H,12-13,17-18H2,1-4H3. The maximum Gasteiger partial charge on any atom is 0.150 e. The van der Waals surface area contributed by atoms with E-state index in [1.807, 2.05) is 43.3 Å². The Morgan fingerprint density at radius 3 is 2.59 bits per heavy atom. The summed E-state index contributed by atoms with van der Waals surface area (Å²) in [5.74, 6) is 2.42. The Bertz CT molecular complexity index is 1340. The second-order valence-electron chi connectivity index (χ2n) is 10.3. The first kappa shape index (κ1) is 27.4. The molecule has 0 radical (unpaired) electrons. The van der Waals surface area contributed by atoms with Gasteiger partial charge < -0.3 is 19.7 Å². The molecule has 2 heterocycles. The van der Waals surface area contributed by atoms with Crippen molar-refractivity contribution in [2.75, 3.05) is 26.8 Å². The quantitative estimate of drug-likeness (QED) is 0.170. The summed E-state index contributed by atoms with van der Waals surface area (Å²) in [6.07, 6.45) is 0.807. The summed E-state index contributed by atoms with van der Waals surface area (Å²) in [6, 6.07) is 18.9. The molecule has 0 bridgehead atoms. The molecule has 3 atom stereocenters. The van der Waals surface area contributed by atoms with E-state index in [2.05, 4.69) is 23.6 Å². The summed E-state index contributed by atoms with van der Waals surface area (Å²) in [5.41, 5.74) is 4.42. The second-order valence-corrected chi connectivity index (χ2v) is 11.1. The van der Waals surface area contributed by atoms with Crippen LogP contribution in [0, 0.1) is 5.92 Å². The molecular weight excluding hydrogens is 514 g/mol. The lowest BCUT2D eigenvalue weighted by Crippen LogP contribution is -2.35. The lowest BCUT2D eigenvalue weighted by Gasteiger charge is -2.31. The molecule has 3 aromatic carbocycles. The SMILES string of the molecule is COOSc1cc2c(cc1O)C(C)=C(c1cccc(O)c1)C(c1ccc(OCC(C)N3CCC(C)C3)cc1)O2. The normalized spacial score (nSPS) is 20.0. The van der Waals surface area contributed by atoms with Gasteiger partial charge in [0.15, 0.2) is 0 Å². The Morgan fingerprint density at radius 2 is 1.90 bits per heavy atom. The van der Waals surface area contributed by atoms with E-state index in [0.29, 0.717) is 23.3 Å². The number of likely N-dealkylation sites (tertiary alicyclic amines) is 1. The molecule has 5 rings (SSSR count). The van der Waals surface area contributed by atoms with Gasteiger partial charge in [-0.05, 0) is 79.8 Å². The van der Waals surface area contributed by atoms with E-state index in [1.54, 1.807) is 24.3 Å². The van der Waals surface area contributed by atoms with E-state index in [0.717, 1.165) is 64.6 Å². The number of nitrogens with zero attached hydrogens (tertiary/aromatic N) is 1. The number of rotatable bonds is 9. The van der Waals surface area contributed by atoms with Crippen molar-refractivity contribution in [3.05, 3.63) is 77.4 Å². The van der Waals surface area contributed by atoms with Gasteiger partial charge in [0.1, 0.15) is 35.7 Å². The number of fused-ring (bicyclic) bond motifs is 1. The molecule has 8 heteroatoms. The van der Waals surface area contributed by atoms with Crippen molar-refractivity contribution in [1.29, 1.82) is 0 Å². The van der Waals surface area contributed by atoms with Crippen molar-refractivity contribution < 1.29 is 28.9 Å². The first-order valence-corrected chi connectivity index (χ1v) is 14.0. The van der Waals surface area contributed by atoms with Crippen LogP contribution in [0.3, 0.4) is 0 Å². The first-order chi connectivity index (χ1) is 18.8. The Morgan fingerprint density at radius 1 is 1.10 bits per heavy atom. The Balaban J connectivity index is 1.43. The fraction of sp³-hybridized carbons (Fsp3) is 0.355. The van der Waals surface area contributed by atoms with Crippen LogP contribution in [0.4, 0.5) is 0 Å². The predicted octanol–water partition coefficient (Wildman–Crippen LogP) is 6.86. The van der Waals surface area contributed by atoms with Crippen molar-refractivity contribution in [1.82, 2.24) is 4.90 Å². The lowest BCUT2D eigenvalue weighted by molar-refractivity contribution is -0.160. The zero-order valence-electron chi connectivity index (χ0n) is 22.7. The first-order valence-electron chi connectivity index (χ1n) is 13.2. The lowest BCUT2D eigenvalue weighted by atomic mass is 9.86. The molecule has 2 aliphatic heterocycles. The molecule has 7 nitrogen and oxygen atoms in total. The highest BCUT2D eigenvalue weighted by molar-refractivity contribution is 7.94.